The highest BCUT2D eigenvalue weighted by Crippen LogP contribution is 2.12. The molecule has 0 rings (SSSR count). The van der Waals surface area contributed by atoms with Gasteiger partial charge in [0.05, 0.1) is 6.61 Å². The maximum atomic E-state index is 11.3. The van der Waals surface area contributed by atoms with Crippen LogP contribution in [0.5, 0.6) is 0 Å². The van der Waals surface area contributed by atoms with Gasteiger partial charge in [-0.3, -0.25) is 0 Å². The van der Waals surface area contributed by atoms with E-state index < -0.39 is 18.8 Å². The molecule has 0 saturated carbocycles. The van der Waals surface area contributed by atoms with Gasteiger partial charge >= 0.3 is 6.11 Å². The Morgan fingerprint density at radius 1 is 1.50 bits per heavy atom. The fourth-order valence-corrected chi connectivity index (χ4v) is 0.110. The van der Waals surface area contributed by atoms with Crippen molar-refractivity contribution in [2.24, 2.45) is 0 Å². The summed E-state index contributed by atoms with van der Waals surface area (Å²) in [6, 6.07) is 0. The van der Waals surface area contributed by atoms with Gasteiger partial charge in [0.1, 0.15) is 0 Å². The Morgan fingerprint density at radius 3 is 1.88 bits per heavy atom. The molecule has 3 nitrogen and oxygen atoms in total. The Bertz CT molecular complexity index is 69.4. The van der Waals surface area contributed by atoms with Gasteiger partial charge in [0, 0.05) is 0 Å². The highest BCUT2D eigenvalue weighted by Gasteiger charge is 2.34. The Balaban J connectivity index is 3.62. The monoisotopic (exact) mass is 128 g/mol. The Labute approximate surface area is 44.2 Å². The van der Waals surface area contributed by atoms with E-state index in [1.54, 1.807) is 0 Å². The minimum atomic E-state index is -4.19. The fourth-order valence-electron chi connectivity index (χ4n) is 0.110. The Kier molecular flexibility index (Phi) is 2.26. The molecule has 0 saturated heterocycles. The number of hydrogen-bond acceptors (Lipinski definition) is 3. The predicted octanol–water partition coefficient (Wildman–Crippen LogP) is -1.08. The van der Waals surface area contributed by atoms with Crippen molar-refractivity contribution in [1.29, 1.82) is 0 Å². The minimum Gasteiger partial charge on any atom is -0.393 e. The second kappa shape index (κ2) is 2.34. The van der Waals surface area contributed by atoms with Crippen molar-refractivity contribution in [1.82, 2.24) is 0 Å². The van der Waals surface area contributed by atoms with Gasteiger partial charge in [-0.2, -0.15) is 8.78 Å². The summed E-state index contributed by atoms with van der Waals surface area (Å²) in [7, 11) is 0. The summed E-state index contributed by atoms with van der Waals surface area (Å²) in [5, 5.41) is 23.3. The van der Waals surface area contributed by atoms with Crippen LogP contribution >= 0.6 is 0 Å². The molecular weight excluding hydrogens is 122 g/mol. The molecule has 50 valence electrons. The molecule has 8 heavy (non-hydrogen) atoms. The van der Waals surface area contributed by atoms with Crippen molar-refractivity contribution < 1.29 is 24.1 Å². The lowest BCUT2D eigenvalue weighted by Gasteiger charge is -2.12. The quantitative estimate of drug-likeness (QED) is 0.443. The first-order valence-corrected chi connectivity index (χ1v) is 1.87. The average Bonchev–Trinajstić information content (AvgIpc) is 1.62. The van der Waals surface area contributed by atoms with Crippen molar-refractivity contribution >= 4 is 0 Å². The van der Waals surface area contributed by atoms with Crippen LogP contribution in [0.25, 0.3) is 0 Å². The van der Waals surface area contributed by atoms with E-state index in [4.69, 9.17) is 15.3 Å². The third-order valence-electron chi connectivity index (χ3n) is 0.574. The Hall–Kier alpha value is -0.260. The van der Waals surface area contributed by atoms with Gasteiger partial charge in [-0.15, -0.1) is 0 Å². The lowest BCUT2D eigenvalue weighted by molar-refractivity contribution is -0.265. The van der Waals surface area contributed by atoms with Gasteiger partial charge in [-0.05, 0) is 0 Å². The van der Waals surface area contributed by atoms with E-state index in [1.807, 2.05) is 0 Å². The van der Waals surface area contributed by atoms with E-state index in [-0.39, 0.29) is 0 Å². The van der Waals surface area contributed by atoms with Gasteiger partial charge < -0.3 is 15.3 Å². The molecule has 0 radical (unpaired) electrons. The maximum Gasteiger partial charge on any atom is 0.381 e. The highest BCUT2D eigenvalue weighted by molar-refractivity contribution is 4.60. The molecule has 0 fully saturated rings. The van der Waals surface area contributed by atoms with E-state index in [9.17, 15) is 8.78 Å². The van der Waals surface area contributed by atoms with Crippen molar-refractivity contribution in [3.8, 4) is 0 Å². The third-order valence-corrected chi connectivity index (χ3v) is 0.574. The van der Waals surface area contributed by atoms with Crippen LogP contribution in [0.4, 0.5) is 8.78 Å². The molecule has 0 aromatic carbocycles. The SMILES string of the molecule is OCC(O)C(O)(F)F. The summed E-state index contributed by atoms with van der Waals surface area (Å²) in [6.45, 7) is -1.15. The van der Waals surface area contributed by atoms with Gasteiger partial charge in [0.2, 0.25) is 0 Å². The van der Waals surface area contributed by atoms with E-state index >= 15 is 0 Å². The maximum absolute atomic E-state index is 11.3. The summed E-state index contributed by atoms with van der Waals surface area (Å²) in [5.74, 6) is 0. The zero-order valence-corrected chi connectivity index (χ0v) is 3.88. The molecule has 1 atom stereocenters. The smallest absolute Gasteiger partial charge is 0.381 e. The second-order valence-corrected chi connectivity index (χ2v) is 1.29. The third kappa shape index (κ3) is 2.15. The molecule has 0 heterocycles. The normalized spacial score (nSPS) is 16.1. The van der Waals surface area contributed by atoms with Crippen LogP contribution in [0.2, 0.25) is 0 Å². The first-order valence-electron chi connectivity index (χ1n) is 1.87. The van der Waals surface area contributed by atoms with Gasteiger partial charge in [-0.1, -0.05) is 0 Å². The minimum absolute atomic E-state index is 1.15. The van der Waals surface area contributed by atoms with Crippen molar-refractivity contribution in [3.05, 3.63) is 0 Å². The van der Waals surface area contributed by atoms with Gasteiger partial charge in [-0.25, -0.2) is 0 Å². The van der Waals surface area contributed by atoms with Crippen LogP contribution in [-0.4, -0.2) is 34.1 Å². The van der Waals surface area contributed by atoms with Crippen molar-refractivity contribution in [3.63, 3.8) is 0 Å². The van der Waals surface area contributed by atoms with Gasteiger partial charge in [0.25, 0.3) is 0 Å². The zero-order valence-electron chi connectivity index (χ0n) is 3.88. The van der Waals surface area contributed by atoms with E-state index in [0.717, 1.165) is 0 Å². The number of rotatable bonds is 2. The molecule has 0 aliphatic rings. The summed E-state index contributed by atoms with van der Waals surface area (Å²) >= 11 is 0. The van der Waals surface area contributed by atoms with Crippen LogP contribution in [0, 0.1) is 0 Å². The zero-order chi connectivity index (χ0) is 6.78. The van der Waals surface area contributed by atoms with Crippen LogP contribution in [0.3, 0.4) is 0 Å². The second-order valence-electron chi connectivity index (χ2n) is 1.29. The fraction of sp³-hybridized carbons (Fsp3) is 1.00. The van der Waals surface area contributed by atoms with Gasteiger partial charge in [0.15, 0.2) is 6.10 Å². The molecular formula is C3H6F2O3. The number of alkyl halides is 2. The van der Waals surface area contributed by atoms with E-state index in [2.05, 4.69) is 0 Å². The molecule has 0 aliphatic heterocycles. The molecule has 0 aromatic heterocycles. The molecule has 3 N–H and O–H groups in total. The Morgan fingerprint density at radius 2 is 1.88 bits per heavy atom. The van der Waals surface area contributed by atoms with E-state index in [1.165, 1.54) is 0 Å². The van der Waals surface area contributed by atoms with E-state index in [0.29, 0.717) is 0 Å². The number of halogens is 2. The molecule has 0 bridgehead atoms. The summed E-state index contributed by atoms with van der Waals surface area (Å²) in [4.78, 5) is 0. The van der Waals surface area contributed by atoms with Crippen LogP contribution in [0.1, 0.15) is 0 Å². The summed E-state index contributed by atoms with van der Waals surface area (Å²) < 4.78 is 22.5. The largest absolute Gasteiger partial charge is 0.393 e. The average molecular weight is 128 g/mol. The first kappa shape index (κ1) is 7.74. The number of hydrogen-bond donors (Lipinski definition) is 3. The number of aliphatic hydroxyl groups excluding tert-OH is 2. The van der Waals surface area contributed by atoms with Crippen LogP contribution < -0.4 is 0 Å². The summed E-state index contributed by atoms with van der Waals surface area (Å²) in [6.07, 6.45) is -6.56. The molecule has 1 unspecified atom stereocenters. The summed E-state index contributed by atoms with van der Waals surface area (Å²) in [5.41, 5.74) is 0. The molecule has 0 aromatic rings. The topological polar surface area (TPSA) is 60.7 Å². The standard InChI is InChI=1S/C3H6F2O3/c4-3(5,8)2(7)1-6/h2,6-8H,1H2. The molecule has 0 aliphatic carbocycles. The lowest BCUT2D eigenvalue weighted by Crippen LogP contribution is -2.35. The number of aliphatic hydroxyl groups is 3. The van der Waals surface area contributed by atoms with Crippen LogP contribution in [-0.2, 0) is 0 Å². The van der Waals surface area contributed by atoms with Crippen molar-refractivity contribution in [2.45, 2.75) is 12.2 Å². The predicted molar refractivity (Wildman–Crippen MR) is 20.3 cm³/mol. The highest BCUT2D eigenvalue weighted by atomic mass is 19.3. The lowest BCUT2D eigenvalue weighted by atomic mass is 10.4. The molecule has 0 amide bonds. The van der Waals surface area contributed by atoms with Crippen LogP contribution in [0.15, 0.2) is 0 Å². The first-order chi connectivity index (χ1) is 3.48. The van der Waals surface area contributed by atoms with Crippen molar-refractivity contribution in [2.75, 3.05) is 6.61 Å². The molecule has 5 heteroatoms. The molecule has 0 spiro atoms.